The number of rotatable bonds is 3. The minimum absolute atomic E-state index is 0.0650. The van der Waals surface area contributed by atoms with Gasteiger partial charge in [-0.1, -0.05) is 41.7 Å². The van der Waals surface area contributed by atoms with Crippen molar-refractivity contribution in [2.45, 2.75) is 13.5 Å². The van der Waals surface area contributed by atoms with Crippen LogP contribution in [-0.2, 0) is 6.54 Å². The normalized spacial score (nSPS) is 10.9. The molecule has 3 aromatic rings. The van der Waals surface area contributed by atoms with Gasteiger partial charge in [-0.05, 0) is 12.5 Å². The first-order chi connectivity index (χ1) is 9.66. The van der Waals surface area contributed by atoms with Crippen LogP contribution in [0.2, 0.25) is 0 Å². The molecule has 0 saturated carbocycles. The van der Waals surface area contributed by atoms with Crippen LogP contribution in [0.15, 0.2) is 35.8 Å². The Balaban J connectivity index is 1.88. The highest BCUT2D eigenvalue weighted by atomic mass is 32.1. The van der Waals surface area contributed by atoms with Crippen LogP contribution in [0.1, 0.15) is 21.7 Å². The lowest BCUT2D eigenvalue weighted by Gasteiger charge is -2.16. The Morgan fingerprint density at radius 1 is 1.35 bits per heavy atom. The molecule has 6 heteroatoms. The van der Waals surface area contributed by atoms with E-state index in [1.807, 2.05) is 37.3 Å². The fourth-order valence-corrected chi connectivity index (χ4v) is 2.81. The zero-order valence-electron chi connectivity index (χ0n) is 11.3. The van der Waals surface area contributed by atoms with Gasteiger partial charge >= 0.3 is 0 Å². The molecular formula is C14H14N4OS. The molecule has 0 aliphatic rings. The number of aromatic nitrogens is 3. The molecular weight excluding hydrogens is 272 g/mol. The first-order valence-electron chi connectivity index (χ1n) is 6.25. The minimum Gasteiger partial charge on any atom is -0.336 e. The molecule has 2 aromatic heterocycles. The lowest BCUT2D eigenvalue weighted by atomic mass is 10.2. The average molecular weight is 286 g/mol. The summed E-state index contributed by atoms with van der Waals surface area (Å²) in [5.74, 6) is -0.0650. The summed E-state index contributed by atoms with van der Waals surface area (Å²) in [6.45, 7) is 2.40. The van der Waals surface area contributed by atoms with Crippen molar-refractivity contribution in [3.05, 3.63) is 52.8 Å². The Morgan fingerprint density at radius 2 is 2.10 bits per heavy atom. The van der Waals surface area contributed by atoms with E-state index < -0.39 is 0 Å². The van der Waals surface area contributed by atoms with Gasteiger partial charge in [0.05, 0.1) is 5.69 Å². The summed E-state index contributed by atoms with van der Waals surface area (Å²) in [7, 11) is 1.79. The number of hydrogen-bond acceptors (Lipinski definition) is 4. The molecule has 0 spiro atoms. The van der Waals surface area contributed by atoms with Crippen molar-refractivity contribution in [1.82, 2.24) is 19.5 Å². The maximum Gasteiger partial charge on any atom is 0.274 e. The Hall–Kier alpha value is -2.21. The third kappa shape index (κ3) is 2.18. The standard InChI is InChI=1S/C14H14N4OS/c1-10-12(18-14(16-10)20-9-15-18)13(19)17(2)8-11-6-4-3-5-7-11/h3-7,9H,8H2,1-2H3. The highest BCUT2D eigenvalue weighted by molar-refractivity contribution is 7.14. The fraction of sp³-hybridized carbons (Fsp3) is 0.214. The third-order valence-corrected chi connectivity index (χ3v) is 3.81. The average Bonchev–Trinajstić information content (AvgIpc) is 2.99. The van der Waals surface area contributed by atoms with E-state index >= 15 is 0 Å². The van der Waals surface area contributed by atoms with Crippen LogP contribution in [0.4, 0.5) is 0 Å². The number of carbonyl (C=O) groups excluding carboxylic acids is 1. The first kappa shape index (κ1) is 12.8. The predicted molar refractivity (Wildman–Crippen MR) is 77.8 cm³/mol. The molecule has 0 N–H and O–H groups in total. The number of imidazole rings is 1. The van der Waals surface area contributed by atoms with Gasteiger partial charge < -0.3 is 4.90 Å². The molecule has 3 rings (SSSR count). The van der Waals surface area contributed by atoms with Crippen LogP contribution in [0.25, 0.3) is 4.96 Å². The molecule has 0 aliphatic carbocycles. The maximum absolute atomic E-state index is 12.6. The van der Waals surface area contributed by atoms with Crippen molar-refractivity contribution in [3.63, 3.8) is 0 Å². The Morgan fingerprint density at radius 3 is 2.85 bits per heavy atom. The monoisotopic (exact) mass is 286 g/mol. The van der Waals surface area contributed by atoms with E-state index in [1.54, 1.807) is 22.0 Å². The molecule has 5 nitrogen and oxygen atoms in total. The van der Waals surface area contributed by atoms with Crippen molar-refractivity contribution < 1.29 is 4.79 Å². The van der Waals surface area contributed by atoms with Crippen molar-refractivity contribution in [2.75, 3.05) is 7.05 Å². The zero-order chi connectivity index (χ0) is 14.1. The van der Waals surface area contributed by atoms with Crippen molar-refractivity contribution >= 4 is 22.2 Å². The first-order valence-corrected chi connectivity index (χ1v) is 7.13. The van der Waals surface area contributed by atoms with E-state index in [1.165, 1.54) is 11.3 Å². The molecule has 102 valence electrons. The molecule has 0 saturated heterocycles. The van der Waals surface area contributed by atoms with Crippen LogP contribution in [0.3, 0.4) is 0 Å². The van der Waals surface area contributed by atoms with E-state index in [-0.39, 0.29) is 5.91 Å². The topological polar surface area (TPSA) is 50.5 Å². The van der Waals surface area contributed by atoms with Crippen molar-refractivity contribution in [1.29, 1.82) is 0 Å². The molecule has 0 unspecified atom stereocenters. The van der Waals surface area contributed by atoms with Gasteiger partial charge in [0.1, 0.15) is 5.51 Å². The Bertz CT molecular complexity index is 747. The summed E-state index contributed by atoms with van der Waals surface area (Å²) in [5, 5.41) is 4.18. The molecule has 0 aliphatic heterocycles. The van der Waals surface area contributed by atoms with Crippen LogP contribution >= 0.6 is 11.3 Å². The number of amides is 1. The quantitative estimate of drug-likeness (QED) is 0.742. The molecule has 0 fully saturated rings. The lowest BCUT2D eigenvalue weighted by Crippen LogP contribution is -2.28. The van der Waals surface area contributed by atoms with Gasteiger partial charge in [0.25, 0.3) is 5.91 Å². The van der Waals surface area contributed by atoms with E-state index in [0.29, 0.717) is 17.9 Å². The van der Waals surface area contributed by atoms with Crippen LogP contribution in [-0.4, -0.2) is 32.5 Å². The largest absolute Gasteiger partial charge is 0.336 e. The molecule has 0 bridgehead atoms. The summed E-state index contributed by atoms with van der Waals surface area (Å²) in [6, 6.07) is 9.91. The third-order valence-electron chi connectivity index (χ3n) is 3.13. The second kappa shape index (κ2) is 5.05. The number of hydrogen-bond donors (Lipinski definition) is 0. The van der Waals surface area contributed by atoms with Crippen LogP contribution in [0, 0.1) is 6.92 Å². The number of aryl methyl sites for hydroxylation is 1. The highest BCUT2D eigenvalue weighted by Crippen LogP contribution is 2.17. The molecule has 2 heterocycles. The van der Waals surface area contributed by atoms with Gasteiger partial charge in [-0.2, -0.15) is 9.61 Å². The molecule has 0 atom stereocenters. The van der Waals surface area contributed by atoms with Gasteiger partial charge in [-0.3, -0.25) is 4.79 Å². The number of nitrogens with zero attached hydrogens (tertiary/aromatic N) is 4. The summed E-state index contributed by atoms with van der Waals surface area (Å²) >= 11 is 1.43. The van der Waals surface area contributed by atoms with Crippen LogP contribution in [0.5, 0.6) is 0 Å². The number of fused-ring (bicyclic) bond motifs is 1. The second-order valence-corrected chi connectivity index (χ2v) is 5.44. The van der Waals surface area contributed by atoms with Gasteiger partial charge in [0.2, 0.25) is 4.96 Å². The SMILES string of the molecule is Cc1nc2scnn2c1C(=O)N(C)Cc1ccccc1. The van der Waals surface area contributed by atoms with E-state index in [0.717, 1.165) is 10.5 Å². The minimum atomic E-state index is -0.0650. The van der Waals surface area contributed by atoms with E-state index in [2.05, 4.69) is 10.1 Å². The van der Waals surface area contributed by atoms with Crippen molar-refractivity contribution in [2.24, 2.45) is 0 Å². The summed E-state index contributed by atoms with van der Waals surface area (Å²) < 4.78 is 1.61. The Labute approximate surface area is 120 Å². The number of carbonyl (C=O) groups is 1. The van der Waals surface area contributed by atoms with Crippen LogP contribution < -0.4 is 0 Å². The van der Waals surface area contributed by atoms with E-state index in [9.17, 15) is 4.79 Å². The molecule has 1 amide bonds. The highest BCUT2D eigenvalue weighted by Gasteiger charge is 2.21. The Kier molecular flexibility index (Phi) is 3.23. The maximum atomic E-state index is 12.6. The summed E-state index contributed by atoms with van der Waals surface area (Å²) in [6.07, 6.45) is 0. The fourth-order valence-electron chi connectivity index (χ4n) is 2.15. The van der Waals surface area contributed by atoms with Gasteiger partial charge in [0.15, 0.2) is 5.69 Å². The lowest BCUT2D eigenvalue weighted by molar-refractivity contribution is 0.0776. The second-order valence-electron chi connectivity index (χ2n) is 4.63. The summed E-state index contributed by atoms with van der Waals surface area (Å²) in [5.41, 5.74) is 4.05. The van der Waals surface area contributed by atoms with Gasteiger partial charge in [0, 0.05) is 13.6 Å². The van der Waals surface area contributed by atoms with Gasteiger partial charge in [-0.25, -0.2) is 4.98 Å². The predicted octanol–water partition coefficient (Wildman–Crippen LogP) is 2.37. The van der Waals surface area contributed by atoms with Crippen molar-refractivity contribution in [3.8, 4) is 0 Å². The van der Waals surface area contributed by atoms with Gasteiger partial charge in [-0.15, -0.1) is 0 Å². The summed E-state index contributed by atoms with van der Waals surface area (Å²) in [4.78, 5) is 19.4. The van der Waals surface area contributed by atoms with E-state index in [4.69, 9.17) is 0 Å². The zero-order valence-corrected chi connectivity index (χ0v) is 12.1. The molecule has 20 heavy (non-hydrogen) atoms. The molecule has 1 aromatic carbocycles. The number of benzene rings is 1. The smallest absolute Gasteiger partial charge is 0.274 e. The molecule has 0 radical (unpaired) electrons.